The van der Waals surface area contributed by atoms with Crippen molar-refractivity contribution in [3.05, 3.63) is 93.9 Å². The molecule has 0 aliphatic carbocycles. The summed E-state index contributed by atoms with van der Waals surface area (Å²) in [6, 6.07) is 18.1. The number of hydrogen-bond acceptors (Lipinski definition) is 4. The fraction of sp³-hybridized carbons (Fsp3) is 0.136. The number of halogens is 2. The van der Waals surface area contributed by atoms with Gasteiger partial charge in [-0.3, -0.25) is 9.48 Å². The summed E-state index contributed by atoms with van der Waals surface area (Å²) < 4.78 is 8.96. The van der Waals surface area contributed by atoms with Gasteiger partial charge in [-0.1, -0.05) is 47.5 Å². The third-order valence-electron chi connectivity index (χ3n) is 4.53. The van der Waals surface area contributed by atoms with Gasteiger partial charge in [0.05, 0.1) is 11.6 Å². The predicted molar refractivity (Wildman–Crippen MR) is 120 cm³/mol. The number of nitrogens with zero attached hydrogens (tertiary/aromatic N) is 4. The van der Waals surface area contributed by atoms with Crippen molar-refractivity contribution < 1.29 is 9.53 Å². The number of nitrogens with one attached hydrogen (secondary N) is 1. The molecule has 0 bridgehead atoms. The average molecular weight is 456 g/mol. The van der Waals surface area contributed by atoms with Gasteiger partial charge >= 0.3 is 0 Å². The molecule has 0 saturated carbocycles. The number of hydrogen-bond donors (Lipinski definition) is 1. The molecule has 4 rings (SSSR count). The van der Waals surface area contributed by atoms with Crippen molar-refractivity contribution in [2.45, 2.75) is 20.2 Å². The third kappa shape index (κ3) is 5.25. The average Bonchev–Trinajstić information content (AvgIpc) is 3.36. The van der Waals surface area contributed by atoms with E-state index in [0.29, 0.717) is 28.2 Å². The summed E-state index contributed by atoms with van der Waals surface area (Å²) in [6.45, 7) is 2.64. The SMILES string of the molecule is Cc1cc(NC(=O)c2ccn(COc3ccccc3Cl)n2)nn1Cc1ccc(Cl)cc1. The van der Waals surface area contributed by atoms with Crippen LogP contribution in [0.5, 0.6) is 5.75 Å². The minimum absolute atomic E-state index is 0.131. The zero-order valence-electron chi connectivity index (χ0n) is 16.6. The maximum atomic E-state index is 12.6. The molecule has 0 saturated heterocycles. The van der Waals surface area contributed by atoms with Gasteiger partial charge in [0.1, 0.15) is 5.75 Å². The molecular formula is C22H19Cl2N5O2. The second-order valence-corrected chi connectivity index (χ2v) is 7.70. The molecular weight excluding hydrogens is 437 g/mol. The first-order valence-corrected chi connectivity index (χ1v) is 10.2. The van der Waals surface area contributed by atoms with Crippen molar-refractivity contribution in [2.75, 3.05) is 5.32 Å². The molecule has 1 N–H and O–H groups in total. The Morgan fingerprint density at radius 2 is 1.84 bits per heavy atom. The molecule has 0 radical (unpaired) electrons. The highest BCUT2D eigenvalue weighted by Crippen LogP contribution is 2.23. The van der Waals surface area contributed by atoms with Gasteiger partial charge in [0, 0.05) is 23.0 Å². The van der Waals surface area contributed by atoms with E-state index in [4.69, 9.17) is 27.9 Å². The molecule has 9 heteroatoms. The molecule has 4 aromatic rings. The first-order valence-electron chi connectivity index (χ1n) is 9.49. The Balaban J connectivity index is 1.37. The second kappa shape index (κ2) is 9.24. The molecule has 0 atom stereocenters. The van der Waals surface area contributed by atoms with E-state index in [-0.39, 0.29) is 18.3 Å². The topological polar surface area (TPSA) is 74.0 Å². The maximum absolute atomic E-state index is 12.6. The largest absolute Gasteiger partial charge is 0.470 e. The van der Waals surface area contributed by atoms with Crippen LogP contribution in [0, 0.1) is 6.92 Å². The van der Waals surface area contributed by atoms with Crippen molar-refractivity contribution in [2.24, 2.45) is 0 Å². The van der Waals surface area contributed by atoms with E-state index >= 15 is 0 Å². The van der Waals surface area contributed by atoms with Crippen LogP contribution in [0.1, 0.15) is 21.7 Å². The van der Waals surface area contributed by atoms with Crippen LogP contribution in [0.4, 0.5) is 5.82 Å². The Labute approximate surface area is 189 Å². The highest BCUT2D eigenvalue weighted by molar-refractivity contribution is 6.32. The molecule has 2 aromatic carbocycles. The Hall–Kier alpha value is -3.29. The van der Waals surface area contributed by atoms with E-state index in [9.17, 15) is 4.79 Å². The van der Waals surface area contributed by atoms with Gasteiger partial charge in [0.15, 0.2) is 18.2 Å². The molecule has 0 spiro atoms. The minimum atomic E-state index is -0.354. The lowest BCUT2D eigenvalue weighted by atomic mass is 10.2. The van der Waals surface area contributed by atoms with Crippen molar-refractivity contribution in [1.82, 2.24) is 19.6 Å². The third-order valence-corrected chi connectivity index (χ3v) is 5.09. The number of anilines is 1. The number of benzene rings is 2. The Morgan fingerprint density at radius 1 is 1.06 bits per heavy atom. The van der Waals surface area contributed by atoms with E-state index in [1.807, 2.05) is 54.1 Å². The van der Waals surface area contributed by atoms with Crippen molar-refractivity contribution >= 4 is 34.9 Å². The van der Waals surface area contributed by atoms with Crippen LogP contribution >= 0.6 is 23.2 Å². The number of carbonyl (C=O) groups is 1. The normalized spacial score (nSPS) is 10.8. The lowest BCUT2D eigenvalue weighted by Crippen LogP contribution is -2.15. The fourth-order valence-corrected chi connectivity index (χ4v) is 3.24. The molecule has 0 fully saturated rings. The summed E-state index contributed by atoms with van der Waals surface area (Å²) >= 11 is 12.0. The standard InChI is InChI=1S/C22H19Cl2N5O2/c1-15-12-21(27-29(15)13-16-6-8-17(23)9-7-16)25-22(30)19-10-11-28(26-19)14-31-20-5-3-2-4-18(20)24/h2-12H,13-14H2,1H3,(H,25,27,30). The number of aryl methyl sites for hydroxylation is 1. The zero-order chi connectivity index (χ0) is 21.8. The molecule has 31 heavy (non-hydrogen) atoms. The monoisotopic (exact) mass is 455 g/mol. The van der Waals surface area contributed by atoms with Crippen LogP contribution in [0.2, 0.25) is 10.0 Å². The number of para-hydroxylation sites is 1. The van der Waals surface area contributed by atoms with Crippen LogP contribution in [0.3, 0.4) is 0 Å². The van der Waals surface area contributed by atoms with E-state index in [1.54, 1.807) is 24.4 Å². The number of rotatable bonds is 7. The Bertz CT molecular complexity index is 1200. The van der Waals surface area contributed by atoms with Crippen LogP contribution in [-0.2, 0) is 13.3 Å². The molecule has 158 valence electrons. The Kier molecular flexibility index (Phi) is 6.25. The van der Waals surface area contributed by atoms with Gasteiger partial charge in [0.2, 0.25) is 0 Å². The summed E-state index contributed by atoms with van der Waals surface area (Å²) in [7, 11) is 0. The van der Waals surface area contributed by atoms with Crippen molar-refractivity contribution in [3.8, 4) is 5.75 Å². The quantitative estimate of drug-likeness (QED) is 0.423. The number of carbonyl (C=O) groups excluding carboxylic acids is 1. The Morgan fingerprint density at radius 3 is 2.61 bits per heavy atom. The van der Waals surface area contributed by atoms with E-state index < -0.39 is 0 Å². The smallest absolute Gasteiger partial charge is 0.277 e. The molecule has 2 aromatic heterocycles. The van der Waals surface area contributed by atoms with Crippen molar-refractivity contribution in [3.63, 3.8) is 0 Å². The second-order valence-electron chi connectivity index (χ2n) is 6.85. The highest BCUT2D eigenvalue weighted by atomic mass is 35.5. The van der Waals surface area contributed by atoms with Crippen LogP contribution in [0.25, 0.3) is 0 Å². The molecule has 1 amide bonds. The van der Waals surface area contributed by atoms with Crippen LogP contribution in [-0.4, -0.2) is 25.5 Å². The number of aromatic nitrogens is 4. The molecule has 0 aliphatic heterocycles. The first-order chi connectivity index (χ1) is 15.0. The van der Waals surface area contributed by atoms with Gasteiger partial charge < -0.3 is 10.1 Å². The molecule has 0 unspecified atom stereocenters. The summed E-state index contributed by atoms with van der Waals surface area (Å²) in [5.41, 5.74) is 2.24. The molecule has 2 heterocycles. The predicted octanol–water partition coefficient (Wildman–Crippen LogP) is 5.03. The molecule has 0 aliphatic rings. The fourth-order valence-electron chi connectivity index (χ4n) is 2.93. The van der Waals surface area contributed by atoms with Gasteiger partial charge in [-0.25, -0.2) is 4.68 Å². The van der Waals surface area contributed by atoms with E-state index in [1.165, 1.54) is 4.68 Å². The zero-order valence-corrected chi connectivity index (χ0v) is 18.1. The summed E-state index contributed by atoms with van der Waals surface area (Å²) in [5.74, 6) is 0.651. The molecule has 7 nitrogen and oxygen atoms in total. The van der Waals surface area contributed by atoms with Gasteiger partial charge in [-0.05, 0) is 42.8 Å². The van der Waals surface area contributed by atoms with E-state index in [0.717, 1.165) is 11.3 Å². The number of ether oxygens (including phenoxy) is 1. The van der Waals surface area contributed by atoms with E-state index in [2.05, 4.69) is 15.5 Å². The lowest BCUT2D eigenvalue weighted by Gasteiger charge is -2.07. The van der Waals surface area contributed by atoms with Crippen LogP contribution < -0.4 is 10.1 Å². The lowest BCUT2D eigenvalue weighted by molar-refractivity contribution is 0.101. The van der Waals surface area contributed by atoms with Gasteiger partial charge in [-0.2, -0.15) is 10.2 Å². The number of amides is 1. The van der Waals surface area contributed by atoms with Gasteiger partial charge in [-0.15, -0.1) is 0 Å². The summed E-state index contributed by atoms with van der Waals surface area (Å²) in [4.78, 5) is 12.6. The van der Waals surface area contributed by atoms with Crippen molar-refractivity contribution in [1.29, 1.82) is 0 Å². The van der Waals surface area contributed by atoms with Gasteiger partial charge in [0.25, 0.3) is 5.91 Å². The highest BCUT2D eigenvalue weighted by Gasteiger charge is 2.13. The summed E-state index contributed by atoms with van der Waals surface area (Å²) in [6.07, 6.45) is 1.66. The first kappa shape index (κ1) is 21.0. The van der Waals surface area contributed by atoms with Crippen LogP contribution in [0.15, 0.2) is 66.9 Å². The maximum Gasteiger partial charge on any atom is 0.277 e. The summed E-state index contributed by atoms with van der Waals surface area (Å²) in [5, 5.41) is 12.7. The minimum Gasteiger partial charge on any atom is -0.470 e.